The van der Waals surface area contributed by atoms with E-state index in [1.807, 2.05) is 31.2 Å². The number of nitrogens with one attached hydrogen (secondary N) is 2. The van der Waals surface area contributed by atoms with E-state index < -0.39 is 5.69 Å². The van der Waals surface area contributed by atoms with Gasteiger partial charge in [-0.1, -0.05) is 24.3 Å². The minimum atomic E-state index is -0.447. The van der Waals surface area contributed by atoms with Crippen molar-refractivity contribution in [2.45, 2.75) is 13.5 Å². The number of amides is 1. The zero-order chi connectivity index (χ0) is 19.7. The molecule has 1 amide bonds. The van der Waals surface area contributed by atoms with Crippen LogP contribution >= 0.6 is 11.3 Å². The Morgan fingerprint density at radius 2 is 1.89 bits per heavy atom. The molecule has 6 nitrogen and oxygen atoms in total. The molecule has 0 unspecified atom stereocenters. The number of nitrogens with zero attached hydrogens (tertiary/aromatic N) is 1. The highest BCUT2D eigenvalue weighted by molar-refractivity contribution is 7.17. The first-order valence-electron chi connectivity index (χ1n) is 8.68. The molecule has 4 rings (SSSR count). The number of benzene rings is 2. The third kappa shape index (κ3) is 3.52. The zero-order valence-electron chi connectivity index (χ0n) is 15.1. The molecule has 4 aromatic rings. The number of anilines is 1. The van der Waals surface area contributed by atoms with Gasteiger partial charge in [-0.3, -0.25) is 14.2 Å². The van der Waals surface area contributed by atoms with Crippen LogP contribution in [0.5, 0.6) is 0 Å². The highest BCUT2D eigenvalue weighted by atomic mass is 32.1. The Kier molecular flexibility index (Phi) is 4.67. The van der Waals surface area contributed by atoms with Gasteiger partial charge in [-0.05, 0) is 53.8 Å². The van der Waals surface area contributed by atoms with E-state index in [0.717, 1.165) is 16.8 Å². The SMILES string of the molecule is Cc1cccc(NC(=O)c2ccc(Cn3c(=O)[nH]c4ccsc4c3=O)cc2)c1. The van der Waals surface area contributed by atoms with Gasteiger partial charge in [-0.2, -0.15) is 0 Å². The number of carbonyl (C=O) groups excluding carboxylic acids is 1. The van der Waals surface area contributed by atoms with Crippen LogP contribution in [0.15, 0.2) is 69.6 Å². The average Bonchev–Trinajstić information content (AvgIpc) is 3.14. The second-order valence-corrected chi connectivity index (χ2v) is 7.42. The normalized spacial score (nSPS) is 10.9. The van der Waals surface area contributed by atoms with Crippen LogP contribution in [0.3, 0.4) is 0 Å². The van der Waals surface area contributed by atoms with Gasteiger partial charge < -0.3 is 10.3 Å². The maximum atomic E-state index is 12.5. The van der Waals surface area contributed by atoms with Gasteiger partial charge in [0, 0.05) is 11.3 Å². The molecule has 7 heteroatoms. The lowest BCUT2D eigenvalue weighted by Gasteiger charge is -2.08. The summed E-state index contributed by atoms with van der Waals surface area (Å²) in [7, 11) is 0. The molecule has 28 heavy (non-hydrogen) atoms. The van der Waals surface area contributed by atoms with Crippen molar-refractivity contribution in [2.24, 2.45) is 0 Å². The van der Waals surface area contributed by atoms with Crippen molar-refractivity contribution in [2.75, 3.05) is 5.32 Å². The minimum Gasteiger partial charge on any atom is -0.322 e. The van der Waals surface area contributed by atoms with Crippen molar-refractivity contribution in [3.05, 3.63) is 97.5 Å². The summed E-state index contributed by atoms with van der Waals surface area (Å²) in [6, 6.07) is 16.1. The number of thiophene rings is 1. The molecule has 0 radical (unpaired) electrons. The Morgan fingerprint density at radius 1 is 1.11 bits per heavy atom. The van der Waals surface area contributed by atoms with E-state index in [-0.39, 0.29) is 18.0 Å². The Balaban J connectivity index is 1.55. The highest BCUT2D eigenvalue weighted by Gasteiger charge is 2.10. The number of carbonyl (C=O) groups is 1. The summed E-state index contributed by atoms with van der Waals surface area (Å²) < 4.78 is 1.69. The molecule has 2 heterocycles. The third-order valence-electron chi connectivity index (χ3n) is 4.42. The smallest absolute Gasteiger partial charge is 0.322 e. The lowest BCUT2D eigenvalue weighted by Crippen LogP contribution is -2.34. The average molecular weight is 391 g/mol. The summed E-state index contributed by atoms with van der Waals surface area (Å²) in [6.07, 6.45) is 0. The van der Waals surface area contributed by atoms with Crippen LogP contribution in [0, 0.1) is 6.92 Å². The zero-order valence-corrected chi connectivity index (χ0v) is 15.9. The lowest BCUT2D eigenvalue weighted by molar-refractivity contribution is 0.102. The monoisotopic (exact) mass is 391 g/mol. The largest absolute Gasteiger partial charge is 0.329 e. The Morgan fingerprint density at radius 3 is 2.64 bits per heavy atom. The van der Waals surface area contributed by atoms with Gasteiger partial charge >= 0.3 is 5.69 Å². The van der Waals surface area contributed by atoms with E-state index in [2.05, 4.69) is 10.3 Å². The van der Waals surface area contributed by atoms with E-state index in [4.69, 9.17) is 0 Å². The van der Waals surface area contributed by atoms with Crippen molar-refractivity contribution in [3.8, 4) is 0 Å². The lowest BCUT2D eigenvalue weighted by atomic mass is 10.1. The summed E-state index contributed by atoms with van der Waals surface area (Å²) in [5, 5.41) is 4.63. The molecular weight excluding hydrogens is 374 g/mol. The Hall–Kier alpha value is -3.45. The Labute approximate surface area is 164 Å². The maximum absolute atomic E-state index is 12.5. The fraction of sp³-hybridized carbons (Fsp3) is 0.0952. The van der Waals surface area contributed by atoms with E-state index in [9.17, 15) is 14.4 Å². The summed E-state index contributed by atoms with van der Waals surface area (Å²) >= 11 is 1.30. The van der Waals surface area contributed by atoms with Gasteiger partial charge in [0.25, 0.3) is 11.5 Å². The van der Waals surface area contributed by atoms with Crippen molar-refractivity contribution < 1.29 is 4.79 Å². The molecule has 2 N–H and O–H groups in total. The number of H-pyrrole nitrogens is 1. The molecular formula is C21H17N3O3S. The molecule has 2 aromatic heterocycles. The summed E-state index contributed by atoms with van der Waals surface area (Å²) in [5.74, 6) is -0.216. The van der Waals surface area contributed by atoms with Crippen molar-refractivity contribution in [1.29, 1.82) is 0 Å². The topological polar surface area (TPSA) is 84.0 Å². The number of fused-ring (bicyclic) bond motifs is 1. The predicted molar refractivity (Wildman–Crippen MR) is 111 cm³/mol. The molecule has 0 fully saturated rings. The molecule has 0 atom stereocenters. The van der Waals surface area contributed by atoms with E-state index in [1.54, 1.807) is 35.7 Å². The number of hydrogen-bond donors (Lipinski definition) is 2. The van der Waals surface area contributed by atoms with Gasteiger partial charge in [0.2, 0.25) is 0 Å². The fourth-order valence-electron chi connectivity index (χ4n) is 2.98. The molecule has 2 aromatic carbocycles. The number of hydrogen-bond acceptors (Lipinski definition) is 4. The minimum absolute atomic E-state index is 0.141. The van der Waals surface area contributed by atoms with Crippen molar-refractivity contribution >= 4 is 33.1 Å². The molecule has 140 valence electrons. The molecule has 0 saturated heterocycles. The van der Waals surface area contributed by atoms with E-state index in [0.29, 0.717) is 15.8 Å². The van der Waals surface area contributed by atoms with E-state index >= 15 is 0 Å². The molecule has 0 aliphatic heterocycles. The fourth-order valence-corrected chi connectivity index (χ4v) is 3.78. The van der Waals surface area contributed by atoms with Gasteiger partial charge in [-0.15, -0.1) is 11.3 Å². The van der Waals surface area contributed by atoms with Gasteiger partial charge in [0.1, 0.15) is 4.70 Å². The second kappa shape index (κ2) is 7.28. The van der Waals surface area contributed by atoms with Gasteiger partial charge in [0.15, 0.2) is 0 Å². The number of aromatic amines is 1. The molecule has 0 bridgehead atoms. The van der Waals surface area contributed by atoms with Gasteiger partial charge in [0.05, 0.1) is 12.1 Å². The number of rotatable bonds is 4. The van der Waals surface area contributed by atoms with Crippen LogP contribution < -0.4 is 16.6 Å². The number of aromatic nitrogens is 2. The highest BCUT2D eigenvalue weighted by Crippen LogP contribution is 2.14. The predicted octanol–water partition coefficient (Wildman–Crippen LogP) is 3.36. The van der Waals surface area contributed by atoms with Crippen LogP contribution in [0.25, 0.3) is 10.2 Å². The van der Waals surface area contributed by atoms with Crippen molar-refractivity contribution in [3.63, 3.8) is 0 Å². The van der Waals surface area contributed by atoms with Crippen LogP contribution in [0.2, 0.25) is 0 Å². The van der Waals surface area contributed by atoms with E-state index in [1.165, 1.54) is 15.9 Å². The molecule has 0 aliphatic rings. The first kappa shape index (κ1) is 17.9. The van der Waals surface area contributed by atoms with Gasteiger partial charge in [-0.25, -0.2) is 4.79 Å². The summed E-state index contributed by atoms with van der Waals surface area (Å²) in [5.41, 5.74) is 2.85. The van der Waals surface area contributed by atoms with Crippen LogP contribution in [-0.4, -0.2) is 15.5 Å². The third-order valence-corrected chi connectivity index (χ3v) is 5.33. The quantitative estimate of drug-likeness (QED) is 0.559. The van der Waals surface area contributed by atoms with Crippen LogP contribution in [0.4, 0.5) is 5.69 Å². The molecule has 0 spiro atoms. The first-order valence-corrected chi connectivity index (χ1v) is 9.56. The summed E-state index contributed by atoms with van der Waals surface area (Å²) in [4.78, 5) is 39.8. The van der Waals surface area contributed by atoms with Crippen LogP contribution in [-0.2, 0) is 6.54 Å². The Bertz CT molecular complexity index is 1280. The molecule has 0 aliphatic carbocycles. The standard InChI is InChI=1S/C21H17N3O3S/c1-13-3-2-4-16(11-13)22-19(25)15-7-5-14(6-8-15)12-24-20(26)18-17(9-10-28-18)23-21(24)27/h2-11H,12H2,1H3,(H,22,25)(H,23,27). The molecule has 0 saturated carbocycles. The summed E-state index contributed by atoms with van der Waals surface area (Å²) in [6.45, 7) is 2.10. The number of aryl methyl sites for hydroxylation is 1. The maximum Gasteiger partial charge on any atom is 0.329 e. The first-order chi connectivity index (χ1) is 13.5. The van der Waals surface area contributed by atoms with Crippen molar-refractivity contribution in [1.82, 2.24) is 9.55 Å². The second-order valence-electron chi connectivity index (χ2n) is 6.51. The van der Waals surface area contributed by atoms with Crippen LogP contribution in [0.1, 0.15) is 21.5 Å².